The van der Waals surface area contributed by atoms with Crippen LogP contribution < -0.4 is 5.56 Å². The van der Waals surface area contributed by atoms with Gasteiger partial charge in [-0.15, -0.1) is 11.3 Å². The number of carbonyl (C=O) groups is 1. The van der Waals surface area contributed by atoms with Crippen LogP contribution in [0.25, 0.3) is 10.2 Å². The summed E-state index contributed by atoms with van der Waals surface area (Å²) in [5, 5.41) is 0.721. The van der Waals surface area contributed by atoms with Crippen molar-refractivity contribution < 1.29 is 9.53 Å². The Bertz CT molecular complexity index is 877. The Morgan fingerprint density at radius 2 is 2.00 bits per heavy atom. The number of carbonyl (C=O) groups excluding carboxylic acids is 1. The number of fused-ring (bicyclic) bond motifs is 3. The van der Waals surface area contributed by atoms with Crippen molar-refractivity contribution in [3.05, 3.63) is 27.1 Å². The molecule has 0 radical (unpaired) electrons. The monoisotopic (exact) mass is 374 g/mol. The zero-order valence-corrected chi connectivity index (χ0v) is 16.3. The van der Waals surface area contributed by atoms with Gasteiger partial charge in [-0.05, 0) is 62.3 Å². The second-order valence-electron chi connectivity index (χ2n) is 8.08. The first-order valence-electron chi connectivity index (χ1n) is 9.70. The lowest BCUT2D eigenvalue weighted by Crippen LogP contribution is -2.30. The number of esters is 1. The van der Waals surface area contributed by atoms with E-state index in [-0.39, 0.29) is 24.2 Å². The van der Waals surface area contributed by atoms with Gasteiger partial charge in [-0.1, -0.05) is 13.8 Å². The smallest absolute Gasteiger partial charge is 0.326 e. The average Bonchev–Trinajstić information content (AvgIpc) is 2.97. The number of nitrogens with zero attached hydrogens (tertiary/aromatic N) is 2. The molecule has 1 fully saturated rings. The lowest BCUT2D eigenvalue weighted by molar-refractivity contribution is -0.151. The van der Waals surface area contributed by atoms with Crippen molar-refractivity contribution in [3.63, 3.8) is 0 Å². The molecule has 26 heavy (non-hydrogen) atoms. The van der Waals surface area contributed by atoms with Gasteiger partial charge in [-0.3, -0.25) is 14.2 Å². The molecule has 0 bridgehead atoms. The van der Waals surface area contributed by atoms with Gasteiger partial charge in [-0.2, -0.15) is 0 Å². The number of aryl methyl sites for hydroxylation is 1. The Hall–Kier alpha value is -1.69. The highest BCUT2D eigenvalue weighted by atomic mass is 32.1. The molecule has 6 heteroatoms. The van der Waals surface area contributed by atoms with E-state index in [0.29, 0.717) is 11.8 Å². The lowest BCUT2D eigenvalue weighted by atomic mass is 9.89. The molecule has 140 valence electrons. The molecule has 2 aliphatic rings. The van der Waals surface area contributed by atoms with Gasteiger partial charge >= 0.3 is 5.97 Å². The standard InChI is InChI=1S/C20H26N2O3S/c1-12-3-6-14(7-4-12)25-17(23)10-22-11-21-19-18(20(22)24)15-8-5-13(2)9-16(15)26-19/h11-14H,3-10H2,1-2H3/t12?,13-,14?/m0/s1. The molecule has 0 aromatic carbocycles. The Kier molecular flexibility index (Phi) is 4.86. The van der Waals surface area contributed by atoms with Crippen molar-refractivity contribution in [2.24, 2.45) is 11.8 Å². The number of aromatic nitrogens is 2. The highest BCUT2D eigenvalue weighted by Gasteiger charge is 2.25. The zero-order chi connectivity index (χ0) is 18.3. The summed E-state index contributed by atoms with van der Waals surface area (Å²) in [4.78, 5) is 31.8. The summed E-state index contributed by atoms with van der Waals surface area (Å²) in [5.41, 5.74) is 1.06. The van der Waals surface area contributed by atoms with E-state index in [1.807, 2.05) is 0 Å². The molecule has 2 heterocycles. The number of ether oxygens (including phenoxy) is 1. The van der Waals surface area contributed by atoms with Gasteiger partial charge in [0, 0.05) is 4.88 Å². The van der Waals surface area contributed by atoms with Gasteiger partial charge < -0.3 is 4.74 Å². The molecule has 1 atom stereocenters. The third kappa shape index (κ3) is 3.43. The average molecular weight is 375 g/mol. The first-order chi connectivity index (χ1) is 12.5. The normalized spacial score (nSPS) is 25.8. The third-order valence-electron chi connectivity index (χ3n) is 5.84. The molecular formula is C20H26N2O3S. The van der Waals surface area contributed by atoms with Gasteiger partial charge in [0.2, 0.25) is 0 Å². The van der Waals surface area contributed by atoms with Crippen LogP contribution in [0.4, 0.5) is 0 Å². The second-order valence-corrected chi connectivity index (χ2v) is 9.16. The summed E-state index contributed by atoms with van der Waals surface area (Å²) in [6.07, 6.45) is 8.62. The van der Waals surface area contributed by atoms with Crippen LogP contribution >= 0.6 is 11.3 Å². The molecule has 1 saturated carbocycles. The Labute approximate surface area is 157 Å². The molecule has 0 amide bonds. The number of hydrogen-bond acceptors (Lipinski definition) is 5. The van der Waals surface area contributed by atoms with Gasteiger partial charge in [0.05, 0.1) is 11.7 Å². The van der Waals surface area contributed by atoms with Crippen LogP contribution in [0.15, 0.2) is 11.1 Å². The summed E-state index contributed by atoms with van der Waals surface area (Å²) in [6, 6.07) is 0. The van der Waals surface area contributed by atoms with E-state index in [2.05, 4.69) is 18.8 Å². The molecule has 4 rings (SSSR count). The molecule has 2 aliphatic carbocycles. The van der Waals surface area contributed by atoms with Gasteiger partial charge in [0.25, 0.3) is 5.56 Å². The van der Waals surface area contributed by atoms with Crippen LogP contribution in [0.5, 0.6) is 0 Å². The third-order valence-corrected chi connectivity index (χ3v) is 7.00. The minimum atomic E-state index is -0.328. The SMILES string of the molecule is CC1CCC(OC(=O)Cn2cnc3sc4c(c3c2=O)CC[C@H](C)C4)CC1. The highest BCUT2D eigenvalue weighted by Crippen LogP contribution is 2.35. The Morgan fingerprint density at radius 1 is 1.23 bits per heavy atom. The van der Waals surface area contributed by atoms with Gasteiger partial charge in [-0.25, -0.2) is 4.98 Å². The maximum absolute atomic E-state index is 12.9. The second kappa shape index (κ2) is 7.14. The van der Waals surface area contributed by atoms with Crippen molar-refractivity contribution in [2.75, 3.05) is 0 Å². The quantitative estimate of drug-likeness (QED) is 0.769. The van der Waals surface area contributed by atoms with Crippen LogP contribution in [0.2, 0.25) is 0 Å². The van der Waals surface area contributed by atoms with Gasteiger partial charge in [0.1, 0.15) is 17.5 Å². The minimum absolute atomic E-state index is 0.00138. The molecule has 0 saturated heterocycles. The highest BCUT2D eigenvalue weighted by molar-refractivity contribution is 7.18. The van der Waals surface area contributed by atoms with Crippen LogP contribution in [0.3, 0.4) is 0 Å². The van der Waals surface area contributed by atoms with Crippen LogP contribution in [-0.2, 0) is 28.9 Å². The van der Waals surface area contributed by atoms with Crippen molar-refractivity contribution in [2.45, 2.75) is 71.4 Å². The number of thiophene rings is 1. The van der Waals surface area contributed by atoms with Crippen molar-refractivity contribution in [1.82, 2.24) is 9.55 Å². The van der Waals surface area contributed by atoms with Crippen molar-refractivity contribution >= 4 is 27.5 Å². The molecule has 0 N–H and O–H groups in total. The van der Waals surface area contributed by atoms with E-state index in [1.165, 1.54) is 15.8 Å². The summed E-state index contributed by atoms with van der Waals surface area (Å²) in [5.74, 6) is 1.04. The molecular weight excluding hydrogens is 348 g/mol. The molecule has 0 spiro atoms. The first kappa shape index (κ1) is 17.7. The van der Waals surface area contributed by atoms with Crippen LogP contribution in [-0.4, -0.2) is 21.6 Å². The first-order valence-corrected chi connectivity index (χ1v) is 10.5. The fourth-order valence-corrected chi connectivity index (χ4v) is 5.53. The maximum atomic E-state index is 12.9. The zero-order valence-electron chi connectivity index (χ0n) is 15.5. The van der Waals surface area contributed by atoms with E-state index in [9.17, 15) is 9.59 Å². The Balaban J connectivity index is 1.53. The fraction of sp³-hybridized carbons (Fsp3) is 0.650. The molecule has 5 nitrogen and oxygen atoms in total. The van der Waals surface area contributed by atoms with Crippen LogP contribution in [0.1, 0.15) is 56.4 Å². The molecule has 2 aromatic rings. The number of hydrogen-bond donors (Lipinski definition) is 0. The Morgan fingerprint density at radius 3 is 2.77 bits per heavy atom. The summed E-state index contributed by atoms with van der Waals surface area (Å²) in [7, 11) is 0. The van der Waals surface area contributed by atoms with Gasteiger partial charge in [0.15, 0.2) is 0 Å². The fourth-order valence-electron chi connectivity index (χ4n) is 4.19. The van der Waals surface area contributed by atoms with E-state index < -0.39 is 0 Å². The van der Waals surface area contributed by atoms with E-state index in [0.717, 1.165) is 60.7 Å². The minimum Gasteiger partial charge on any atom is -0.461 e. The van der Waals surface area contributed by atoms with E-state index in [1.54, 1.807) is 11.3 Å². The van der Waals surface area contributed by atoms with E-state index in [4.69, 9.17) is 4.74 Å². The molecule has 0 unspecified atom stereocenters. The lowest BCUT2D eigenvalue weighted by Gasteiger charge is -2.26. The topological polar surface area (TPSA) is 61.2 Å². The summed E-state index contributed by atoms with van der Waals surface area (Å²) >= 11 is 1.63. The number of rotatable bonds is 3. The summed E-state index contributed by atoms with van der Waals surface area (Å²) in [6.45, 7) is 4.44. The molecule has 0 aliphatic heterocycles. The predicted molar refractivity (Wildman–Crippen MR) is 103 cm³/mol. The largest absolute Gasteiger partial charge is 0.461 e. The maximum Gasteiger partial charge on any atom is 0.326 e. The predicted octanol–water partition coefficient (Wildman–Crippen LogP) is 3.70. The van der Waals surface area contributed by atoms with E-state index >= 15 is 0 Å². The van der Waals surface area contributed by atoms with Crippen LogP contribution in [0, 0.1) is 11.8 Å². The molecule has 2 aromatic heterocycles. The van der Waals surface area contributed by atoms with Crippen molar-refractivity contribution in [1.29, 1.82) is 0 Å². The van der Waals surface area contributed by atoms with Crippen molar-refractivity contribution in [3.8, 4) is 0 Å². The summed E-state index contributed by atoms with van der Waals surface area (Å²) < 4.78 is 7.01.